The highest BCUT2D eigenvalue weighted by Crippen LogP contribution is 2.27. The number of nitrogens with zero attached hydrogens (tertiary/aromatic N) is 2. The number of hydrogen-bond donors (Lipinski definition) is 0. The van der Waals surface area contributed by atoms with Crippen LogP contribution in [0.3, 0.4) is 0 Å². The van der Waals surface area contributed by atoms with Gasteiger partial charge >= 0.3 is 0 Å². The summed E-state index contributed by atoms with van der Waals surface area (Å²) in [5.74, 6) is 0. The summed E-state index contributed by atoms with van der Waals surface area (Å²) in [5, 5.41) is 4.72. The minimum Gasteiger partial charge on any atom is -0.371 e. The van der Waals surface area contributed by atoms with E-state index in [1.54, 1.807) is 6.26 Å². The highest BCUT2D eigenvalue weighted by molar-refractivity contribution is 6.30. The van der Waals surface area contributed by atoms with Crippen molar-refractivity contribution in [1.82, 2.24) is 10.1 Å². The summed E-state index contributed by atoms with van der Waals surface area (Å²) in [4.78, 5) is 2.35. The number of morpholine rings is 1. The molecule has 0 spiro atoms. The van der Waals surface area contributed by atoms with Crippen molar-refractivity contribution in [2.45, 2.75) is 25.6 Å². The van der Waals surface area contributed by atoms with Crippen LogP contribution in [0.25, 0.3) is 0 Å². The molecular formula is C15H17ClN2O2. The van der Waals surface area contributed by atoms with Crippen LogP contribution in [-0.4, -0.2) is 29.3 Å². The standard InChI is InChI=1S/C15H17ClN2O2/c1-11-10-19-15(12-3-2-4-13(16)7-12)9-18(11)8-14-5-6-20-17-14/h2-7,11,15H,8-10H2,1H3. The van der Waals surface area contributed by atoms with Crippen LogP contribution in [0.5, 0.6) is 0 Å². The van der Waals surface area contributed by atoms with Crippen molar-refractivity contribution in [1.29, 1.82) is 0 Å². The van der Waals surface area contributed by atoms with E-state index in [9.17, 15) is 0 Å². The van der Waals surface area contributed by atoms with E-state index in [1.807, 2.05) is 24.3 Å². The second kappa shape index (κ2) is 5.95. The monoisotopic (exact) mass is 292 g/mol. The molecule has 2 unspecified atom stereocenters. The van der Waals surface area contributed by atoms with E-state index >= 15 is 0 Å². The normalized spacial score (nSPS) is 23.9. The molecule has 0 bridgehead atoms. The topological polar surface area (TPSA) is 38.5 Å². The number of ether oxygens (including phenoxy) is 1. The maximum absolute atomic E-state index is 6.05. The molecule has 0 amide bonds. The third-order valence-corrected chi connectivity index (χ3v) is 3.87. The van der Waals surface area contributed by atoms with E-state index in [4.69, 9.17) is 20.9 Å². The highest BCUT2D eigenvalue weighted by Gasteiger charge is 2.27. The van der Waals surface area contributed by atoms with Crippen LogP contribution in [-0.2, 0) is 11.3 Å². The Hall–Kier alpha value is -1.36. The van der Waals surface area contributed by atoms with E-state index in [2.05, 4.69) is 23.0 Å². The molecule has 1 aromatic carbocycles. The second-order valence-electron chi connectivity index (χ2n) is 5.15. The molecule has 5 heteroatoms. The first kappa shape index (κ1) is 13.6. The van der Waals surface area contributed by atoms with Gasteiger partial charge in [-0.05, 0) is 24.6 Å². The molecule has 0 radical (unpaired) electrons. The fourth-order valence-electron chi connectivity index (χ4n) is 2.46. The molecule has 0 saturated carbocycles. The third-order valence-electron chi connectivity index (χ3n) is 3.64. The summed E-state index contributed by atoms with van der Waals surface area (Å²) in [6.07, 6.45) is 1.66. The lowest BCUT2D eigenvalue weighted by molar-refractivity contribution is -0.0638. The molecule has 1 aliphatic rings. The van der Waals surface area contributed by atoms with Gasteiger partial charge in [-0.1, -0.05) is 28.9 Å². The van der Waals surface area contributed by atoms with Crippen molar-refractivity contribution in [3.8, 4) is 0 Å². The average molecular weight is 293 g/mol. The maximum atomic E-state index is 6.05. The van der Waals surface area contributed by atoms with E-state index in [-0.39, 0.29) is 6.10 Å². The van der Waals surface area contributed by atoms with E-state index < -0.39 is 0 Å². The predicted molar refractivity (Wildman–Crippen MR) is 76.5 cm³/mol. The van der Waals surface area contributed by atoms with Gasteiger partial charge in [0.1, 0.15) is 6.26 Å². The van der Waals surface area contributed by atoms with Crippen LogP contribution in [0.1, 0.15) is 24.3 Å². The molecule has 0 N–H and O–H groups in total. The van der Waals surface area contributed by atoms with E-state index in [1.165, 1.54) is 0 Å². The Kier molecular flexibility index (Phi) is 4.05. The molecule has 1 fully saturated rings. The SMILES string of the molecule is CC1COC(c2cccc(Cl)c2)CN1Cc1ccon1. The van der Waals surface area contributed by atoms with E-state index in [0.29, 0.717) is 12.6 Å². The molecule has 2 heterocycles. The molecule has 1 aliphatic heterocycles. The molecule has 4 nitrogen and oxygen atoms in total. The first-order valence-electron chi connectivity index (χ1n) is 6.73. The lowest BCUT2D eigenvalue weighted by Crippen LogP contribution is -2.44. The third kappa shape index (κ3) is 3.03. The summed E-state index contributed by atoms with van der Waals surface area (Å²) in [6, 6.07) is 10.1. The van der Waals surface area contributed by atoms with Crippen molar-refractivity contribution in [3.63, 3.8) is 0 Å². The number of benzene rings is 1. The number of hydrogen-bond acceptors (Lipinski definition) is 4. The molecule has 1 saturated heterocycles. The van der Waals surface area contributed by atoms with Gasteiger partial charge in [-0.15, -0.1) is 0 Å². The summed E-state index contributed by atoms with van der Waals surface area (Å²) in [5.41, 5.74) is 2.07. The molecule has 20 heavy (non-hydrogen) atoms. The predicted octanol–water partition coefficient (Wildman–Crippen LogP) is 3.29. The second-order valence-corrected chi connectivity index (χ2v) is 5.58. The Morgan fingerprint density at radius 3 is 3.05 bits per heavy atom. The maximum Gasteiger partial charge on any atom is 0.124 e. The lowest BCUT2D eigenvalue weighted by Gasteiger charge is -2.37. The Morgan fingerprint density at radius 1 is 1.40 bits per heavy atom. The molecule has 2 aromatic rings. The van der Waals surface area contributed by atoms with Crippen LogP contribution < -0.4 is 0 Å². The molecule has 106 valence electrons. The quantitative estimate of drug-likeness (QED) is 0.870. The van der Waals surface area contributed by atoms with E-state index in [0.717, 1.165) is 29.4 Å². The first-order chi connectivity index (χ1) is 9.72. The fourth-order valence-corrected chi connectivity index (χ4v) is 2.66. The van der Waals surface area contributed by atoms with Crippen molar-refractivity contribution < 1.29 is 9.26 Å². The Morgan fingerprint density at radius 2 is 2.30 bits per heavy atom. The zero-order chi connectivity index (χ0) is 13.9. The summed E-state index contributed by atoms with van der Waals surface area (Å²) in [6.45, 7) is 4.47. The summed E-state index contributed by atoms with van der Waals surface area (Å²) < 4.78 is 10.8. The van der Waals surface area contributed by atoms with Gasteiger partial charge in [-0.3, -0.25) is 4.90 Å². The average Bonchev–Trinajstić information content (AvgIpc) is 2.94. The van der Waals surface area contributed by atoms with Crippen molar-refractivity contribution in [2.75, 3.05) is 13.2 Å². The zero-order valence-corrected chi connectivity index (χ0v) is 12.1. The van der Waals surface area contributed by atoms with Gasteiger partial charge in [0.15, 0.2) is 0 Å². The highest BCUT2D eigenvalue weighted by atomic mass is 35.5. The summed E-state index contributed by atoms with van der Waals surface area (Å²) in [7, 11) is 0. The van der Waals surface area contributed by atoms with Crippen molar-refractivity contribution in [2.24, 2.45) is 0 Å². The van der Waals surface area contributed by atoms with Crippen molar-refractivity contribution in [3.05, 3.63) is 52.9 Å². The minimum absolute atomic E-state index is 0.0526. The molecule has 3 rings (SSSR count). The Balaban J connectivity index is 1.72. The van der Waals surface area contributed by atoms with Gasteiger partial charge in [0, 0.05) is 30.2 Å². The number of rotatable bonds is 3. The zero-order valence-electron chi connectivity index (χ0n) is 11.3. The number of halogens is 1. The number of aromatic nitrogens is 1. The summed E-state index contributed by atoms with van der Waals surface area (Å²) >= 11 is 6.05. The van der Waals surface area contributed by atoms with Gasteiger partial charge < -0.3 is 9.26 Å². The smallest absolute Gasteiger partial charge is 0.124 e. The molecule has 2 atom stereocenters. The molecular weight excluding hydrogens is 276 g/mol. The van der Waals surface area contributed by atoms with Crippen LogP contribution in [0, 0.1) is 0 Å². The Labute approximate surface area is 123 Å². The van der Waals surface area contributed by atoms with Crippen LogP contribution in [0.15, 0.2) is 41.1 Å². The van der Waals surface area contributed by atoms with Gasteiger partial charge in [-0.25, -0.2) is 0 Å². The Bertz CT molecular complexity index is 559. The van der Waals surface area contributed by atoms with Gasteiger partial charge in [0.05, 0.1) is 18.4 Å². The van der Waals surface area contributed by atoms with Crippen LogP contribution >= 0.6 is 11.6 Å². The largest absolute Gasteiger partial charge is 0.371 e. The minimum atomic E-state index is 0.0526. The van der Waals surface area contributed by atoms with Gasteiger partial charge in [0.2, 0.25) is 0 Å². The fraction of sp³-hybridized carbons (Fsp3) is 0.400. The van der Waals surface area contributed by atoms with Crippen LogP contribution in [0.4, 0.5) is 0 Å². The van der Waals surface area contributed by atoms with Gasteiger partial charge in [-0.2, -0.15) is 0 Å². The van der Waals surface area contributed by atoms with Gasteiger partial charge in [0.25, 0.3) is 0 Å². The van der Waals surface area contributed by atoms with Crippen LogP contribution in [0.2, 0.25) is 5.02 Å². The lowest BCUT2D eigenvalue weighted by atomic mass is 10.1. The molecule has 0 aliphatic carbocycles. The first-order valence-corrected chi connectivity index (χ1v) is 7.10. The molecule has 1 aromatic heterocycles. The van der Waals surface area contributed by atoms with Crippen molar-refractivity contribution >= 4 is 11.6 Å².